The summed E-state index contributed by atoms with van der Waals surface area (Å²) in [6.45, 7) is 14.0. The molecule has 28 nitrogen and oxygen atoms in total. The summed E-state index contributed by atoms with van der Waals surface area (Å²) in [5.41, 5.74) is 5.36. The molecule has 590 valence electrons. The third-order valence-corrected chi connectivity index (χ3v) is 22.3. The lowest BCUT2D eigenvalue weighted by Crippen LogP contribution is -2.57. The Kier molecular flexibility index (Phi) is 30.3. The van der Waals surface area contributed by atoms with Crippen molar-refractivity contribution in [2.75, 3.05) is 27.7 Å². The summed E-state index contributed by atoms with van der Waals surface area (Å²) in [4.78, 5) is 173. The number of hydrogen-bond acceptors (Lipinski definition) is 17. The molecule has 0 unspecified atom stereocenters. The van der Waals surface area contributed by atoms with Crippen LogP contribution in [0.15, 0.2) is 97.1 Å². The molecule has 8 fully saturated rings. The Balaban J connectivity index is 0.000000189. The summed E-state index contributed by atoms with van der Waals surface area (Å²) in [7, 11) is 5.10. The second-order valence-corrected chi connectivity index (χ2v) is 30.2. The van der Waals surface area contributed by atoms with Gasteiger partial charge in [-0.1, -0.05) is 105 Å². The fourth-order valence-electron chi connectivity index (χ4n) is 15.8. The number of esters is 1. The molecule has 14 atom stereocenters. The van der Waals surface area contributed by atoms with Gasteiger partial charge in [0.1, 0.15) is 48.4 Å². The minimum absolute atomic E-state index is 0.0156. The molecule has 8 heterocycles. The first-order valence-corrected chi connectivity index (χ1v) is 38.9. The zero-order valence-corrected chi connectivity index (χ0v) is 64.3. The van der Waals surface area contributed by atoms with Gasteiger partial charge >= 0.3 is 5.97 Å². The van der Waals surface area contributed by atoms with Gasteiger partial charge in [0.2, 0.25) is 59.1 Å². The van der Waals surface area contributed by atoms with Gasteiger partial charge in [-0.3, -0.25) is 57.5 Å². The SMILES string of the molecule is C=CC(=O)NCc1cccc(CNC(=O)[C@@H]2CC[C@@H]3CCCC[C@H](NC(=O)[C@H](C)NC)C(=O)N32)c1.CN[C@@H](C)C(=O)N[C@H]1CCCC[C@H]2CC[C@@H](C(=O)NCc3cccc(C(=O)C=C(C)C)c3)N2C1=O.CN[C@@H](C)C(=O)N[C@H]1CCCC[C@H]2CC[C@@H](C(=O)NCc3cccc(C(=O)N4C[C@@H]5C[C@H]4C(=O)O5)c3)N2C1=O. The molecular weight excluding hydrogens is 1390 g/mol. The fraction of sp³-hybridized carbons (Fsp3) is 0.568. The van der Waals surface area contributed by atoms with E-state index in [0.717, 1.165) is 105 Å². The number of amides is 11. The molecule has 11 amide bonds. The van der Waals surface area contributed by atoms with Crippen LogP contribution in [0.1, 0.15) is 200 Å². The van der Waals surface area contributed by atoms with E-state index in [1.807, 2.05) is 50.2 Å². The first kappa shape index (κ1) is 83.4. The molecule has 0 radical (unpaired) electrons. The van der Waals surface area contributed by atoms with Crippen LogP contribution in [0.5, 0.6) is 0 Å². The third kappa shape index (κ3) is 21.9. The van der Waals surface area contributed by atoms with Crippen molar-refractivity contribution in [2.45, 2.75) is 267 Å². The molecule has 3 aromatic rings. The normalized spacial score (nSPS) is 25.0. The van der Waals surface area contributed by atoms with E-state index in [1.165, 1.54) is 6.08 Å². The second-order valence-electron chi connectivity index (χ2n) is 30.2. The van der Waals surface area contributed by atoms with Crippen LogP contribution in [0.2, 0.25) is 0 Å². The van der Waals surface area contributed by atoms with Crippen LogP contribution in [0, 0.1) is 0 Å². The molecule has 8 saturated heterocycles. The van der Waals surface area contributed by atoms with Crippen LogP contribution < -0.4 is 53.2 Å². The highest BCUT2D eigenvalue weighted by molar-refractivity contribution is 6.05. The van der Waals surface area contributed by atoms with E-state index < -0.39 is 60.4 Å². The first-order valence-electron chi connectivity index (χ1n) is 38.9. The summed E-state index contributed by atoms with van der Waals surface area (Å²) < 4.78 is 5.18. The summed E-state index contributed by atoms with van der Waals surface area (Å²) >= 11 is 0. The standard InChI is InChI=1S/C28H37N5O6.C27H38N4O4.C26H37N5O4/c1-16(29-2)24(34)31-21-9-4-3-8-19-10-11-22(33(19)27(21)37)25(35)30-14-17-6-5-7-18(12-17)26(36)32-15-20-13-23(32)28(38)39-20;1-17(2)14-24(32)20-9-7-8-19(15-20)16-29-26(34)23-13-12-21-10-5-6-11-22(27(35)31(21)23)30-25(33)18(3)28-4;1-4-23(32)28-15-18-8-7-9-19(14-18)16-29-25(34)22-13-12-20-10-5-6-11-21(26(35)31(20)22)30-24(33)17(2)27-3/h5-7,12,16,19-23,29H,3-4,8-11,13-15H2,1-2H3,(H,30,35)(H,31,34);7-9,14-15,18,21-23,28H,5-6,10-13,16H2,1-4H3,(H,29,34)(H,30,33);4,7-9,14,17,20-22,27H,1,5-6,10-13,15-16H2,2-3H3,(H,28,32)(H,29,34)(H,30,33)/t16-,19-,20-,21-,22-,23-;18-,21-,22-,23-;17-,20-,21-,22-/m000/s1. The van der Waals surface area contributed by atoms with E-state index in [2.05, 4.69) is 59.7 Å². The average molecular weight is 1510 g/mol. The third-order valence-electron chi connectivity index (χ3n) is 22.3. The Labute approximate surface area is 639 Å². The monoisotopic (exact) mass is 1500 g/mol. The highest BCUT2D eigenvalue weighted by Crippen LogP contribution is 2.36. The topological polar surface area (TPSA) is 364 Å². The predicted molar refractivity (Wildman–Crippen MR) is 408 cm³/mol. The number of nitrogens with one attached hydrogen (secondary N) is 10. The number of nitrogens with zero attached hydrogens (tertiary/aromatic N) is 4. The van der Waals surface area contributed by atoms with Crippen LogP contribution in [0.25, 0.3) is 0 Å². The second kappa shape index (κ2) is 39.6. The zero-order chi connectivity index (χ0) is 78.6. The molecule has 10 N–H and O–H groups in total. The lowest BCUT2D eigenvalue weighted by molar-refractivity contribution is -0.149. The first-order chi connectivity index (χ1) is 52.3. The van der Waals surface area contributed by atoms with Gasteiger partial charge in [0.25, 0.3) is 5.91 Å². The molecule has 109 heavy (non-hydrogen) atoms. The van der Waals surface area contributed by atoms with Gasteiger partial charge in [0.15, 0.2) is 5.78 Å². The number of likely N-dealkylation sites (N-methyl/N-ethyl adjacent to an activating group) is 3. The highest BCUT2D eigenvalue weighted by Gasteiger charge is 2.50. The molecule has 11 rings (SSSR count). The van der Waals surface area contributed by atoms with Crippen molar-refractivity contribution >= 4 is 76.7 Å². The number of carbonyl (C=O) groups excluding carboxylic acids is 13. The van der Waals surface area contributed by atoms with Crippen LogP contribution in [-0.2, 0) is 83.7 Å². The number of rotatable bonds is 24. The predicted octanol–water partition coefficient (Wildman–Crippen LogP) is 4.08. The van der Waals surface area contributed by atoms with Crippen molar-refractivity contribution in [3.05, 3.63) is 130 Å². The number of benzene rings is 3. The largest absolute Gasteiger partial charge is 0.459 e. The maximum atomic E-state index is 13.6. The van der Waals surface area contributed by atoms with E-state index in [1.54, 1.807) is 104 Å². The summed E-state index contributed by atoms with van der Waals surface area (Å²) in [5.74, 6) is -2.70. The van der Waals surface area contributed by atoms with Gasteiger partial charge in [-0.15, -0.1) is 0 Å². The number of fused-ring (bicyclic) bond motifs is 5. The van der Waals surface area contributed by atoms with Crippen LogP contribution in [0.4, 0.5) is 0 Å². The summed E-state index contributed by atoms with van der Waals surface area (Å²) in [5, 5.41) is 29.0. The zero-order valence-electron chi connectivity index (χ0n) is 64.3. The molecule has 8 aliphatic heterocycles. The Morgan fingerprint density at radius 3 is 1.20 bits per heavy atom. The summed E-state index contributed by atoms with van der Waals surface area (Å²) in [6, 6.07) is 16.6. The highest BCUT2D eigenvalue weighted by atomic mass is 16.6. The van der Waals surface area contributed by atoms with E-state index in [9.17, 15) is 62.3 Å². The number of ether oxygens (including phenoxy) is 1. The van der Waals surface area contributed by atoms with Crippen LogP contribution in [-0.4, -0.2) is 209 Å². The quantitative estimate of drug-likeness (QED) is 0.0343. The summed E-state index contributed by atoms with van der Waals surface area (Å²) in [6.07, 6.45) is 17.0. The van der Waals surface area contributed by atoms with Crippen molar-refractivity contribution in [1.29, 1.82) is 0 Å². The van der Waals surface area contributed by atoms with Gasteiger partial charge in [-0.25, -0.2) is 4.79 Å². The van der Waals surface area contributed by atoms with Gasteiger partial charge < -0.3 is 77.5 Å². The number of ketones is 1. The molecule has 0 spiro atoms. The van der Waals surface area contributed by atoms with E-state index in [4.69, 9.17) is 4.74 Å². The molecular formula is C81H112N14O14. The maximum absolute atomic E-state index is 13.6. The van der Waals surface area contributed by atoms with Crippen LogP contribution in [0.3, 0.4) is 0 Å². The van der Waals surface area contributed by atoms with Gasteiger partial charge in [-0.2, -0.15) is 0 Å². The molecule has 2 bridgehead atoms. The Morgan fingerprint density at radius 1 is 0.477 bits per heavy atom. The Morgan fingerprint density at radius 2 is 0.835 bits per heavy atom. The Hall–Kier alpha value is -9.67. The van der Waals surface area contributed by atoms with E-state index >= 15 is 0 Å². The fourth-order valence-corrected chi connectivity index (χ4v) is 15.8. The number of likely N-dealkylation sites (tertiary alicyclic amines) is 1. The lowest BCUT2D eigenvalue weighted by atomic mass is 9.98. The number of carbonyl (C=O) groups is 13. The average Bonchev–Trinajstić information content (AvgIpc) is 1.65. The molecule has 3 aromatic carbocycles. The number of allylic oxidation sites excluding steroid dienone is 2. The van der Waals surface area contributed by atoms with Crippen molar-refractivity contribution in [3.8, 4) is 0 Å². The lowest BCUT2D eigenvalue weighted by Gasteiger charge is -2.35. The van der Waals surface area contributed by atoms with Crippen molar-refractivity contribution < 1.29 is 67.1 Å². The van der Waals surface area contributed by atoms with Crippen molar-refractivity contribution in [3.63, 3.8) is 0 Å². The van der Waals surface area contributed by atoms with E-state index in [-0.39, 0.29) is 114 Å². The van der Waals surface area contributed by atoms with Crippen molar-refractivity contribution in [2.24, 2.45) is 0 Å². The maximum Gasteiger partial charge on any atom is 0.329 e. The van der Waals surface area contributed by atoms with Crippen LogP contribution >= 0.6 is 0 Å². The smallest absolute Gasteiger partial charge is 0.329 e. The molecule has 28 heteroatoms. The number of morpholine rings is 1. The minimum Gasteiger partial charge on any atom is -0.459 e. The van der Waals surface area contributed by atoms with Crippen molar-refractivity contribution in [1.82, 2.24) is 72.8 Å². The van der Waals surface area contributed by atoms with Gasteiger partial charge in [0.05, 0.1) is 24.7 Å². The Bertz CT molecular complexity index is 3860. The number of hydrogen-bond donors (Lipinski definition) is 10. The molecule has 0 aromatic heterocycles. The van der Waals surface area contributed by atoms with Gasteiger partial charge in [-0.05, 0) is 185 Å². The van der Waals surface area contributed by atoms with E-state index in [0.29, 0.717) is 75.7 Å². The molecule has 0 saturated carbocycles. The van der Waals surface area contributed by atoms with Gasteiger partial charge in [0, 0.05) is 61.9 Å². The molecule has 0 aliphatic carbocycles. The minimum atomic E-state index is -0.648. The molecule has 8 aliphatic rings.